The average molecular weight is 394 g/mol. The Morgan fingerprint density at radius 1 is 1.25 bits per heavy atom. The summed E-state index contributed by atoms with van der Waals surface area (Å²) in [5.74, 6) is -1.25. The van der Waals surface area contributed by atoms with Crippen molar-refractivity contribution in [3.63, 3.8) is 0 Å². The van der Waals surface area contributed by atoms with Gasteiger partial charge in [-0.05, 0) is 67.9 Å². The molecular weight excluding hydrogens is 374 g/mol. The van der Waals surface area contributed by atoms with E-state index in [1.807, 2.05) is 26.0 Å². The number of aliphatic carboxylic acids is 1. The van der Waals surface area contributed by atoms with Gasteiger partial charge in [-0.1, -0.05) is 0 Å². The van der Waals surface area contributed by atoms with E-state index in [1.165, 1.54) is 0 Å². The maximum Gasteiger partial charge on any atom is 0.310 e. The molecule has 0 aliphatic carbocycles. The van der Waals surface area contributed by atoms with Gasteiger partial charge in [-0.2, -0.15) is 5.10 Å². The molecule has 0 radical (unpaired) electrons. The van der Waals surface area contributed by atoms with Crippen molar-refractivity contribution in [1.82, 2.24) is 15.1 Å². The topological polar surface area (TPSA) is 84.2 Å². The van der Waals surface area contributed by atoms with E-state index in [2.05, 4.69) is 26.3 Å². The Morgan fingerprint density at radius 3 is 2.29 bits per heavy atom. The summed E-state index contributed by atoms with van der Waals surface area (Å²) < 4.78 is 2.76. The number of nitrogens with one attached hydrogen (secondary N) is 1. The fourth-order valence-electron chi connectivity index (χ4n) is 2.11. The zero-order chi connectivity index (χ0) is 18.1. The highest BCUT2D eigenvalue weighted by atomic mass is 79.9. The summed E-state index contributed by atoms with van der Waals surface area (Å²) in [6, 6.07) is 7.01. The number of nitrogens with zero attached hydrogens (tertiary/aromatic N) is 2. The minimum atomic E-state index is -1.01. The molecule has 7 heteroatoms. The van der Waals surface area contributed by atoms with E-state index in [-0.39, 0.29) is 12.5 Å². The van der Waals surface area contributed by atoms with Gasteiger partial charge in [0.15, 0.2) is 0 Å². The molecule has 2 N–H and O–H groups in total. The van der Waals surface area contributed by atoms with E-state index >= 15 is 0 Å². The molecule has 0 bridgehead atoms. The molecule has 2 aromatic rings. The fourth-order valence-corrected chi connectivity index (χ4v) is 2.36. The van der Waals surface area contributed by atoms with E-state index < -0.39 is 11.4 Å². The number of hydrogen-bond donors (Lipinski definition) is 2. The van der Waals surface area contributed by atoms with Crippen LogP contribution in [0.3, 0.4) is 0 Å². The molecule has 1 heterocycles. The first kappa shape index (κ1) is 18.2. The van der Waals surface area contributed by atoms with Crippen LogP contribution >= 0.6 is 15.9 Å². The number of carbonyl (C=O) groups is 2. The zero-order valence-corrected chi connectivity index (χ0v) is 15.6. The summed E-state index contributed by atoms with van der Waals surface area (Å²) in [5.41, 5.74) is 2.19. The van der Waals surface area contributed by atoms with Gasteiger partial charge >= 0.3 is 5.97 Å². The maximum atomic E-state index is 12.2. The minimum absolute atomic E-state index is 0.0628. The van der Waals surface area contributed by atoms with Crippen molar-refractivity contribution in [3.8, 4) is 5.69 Å². The molecule has 0 aliphatic heterocycles. The highest BCUT2D eigenvalue weighted by Gasteiger charge is 2.27. The first-order valence-electron chi connectivity index (χ1n) is 7.47. The normalized spacial score (nSPS) is 11.4. The summed E-state index contributed by atoms with van der Waals surface area (Å²) in [5, 5.41) is 16.2. The molecule has 1 aromatic heterocycles. The number of aryl methyl sites for hydroxylation is 1. The van der Waals surface area contributed by atoms with Crippen molar-refractivity contribution >= 4 is 27.8 Å². The number of aromatic nitrogens is 2. The highest BCUT2D eigenvalue weighted by molar-refractivity contribution is 9.10. The molecule has 128 valence electrons. The fraction of sp³-hybridized carbons (Fsp3) is 0.353. The third kappa shape index (κ3) is 3.67. The molecule has 1 aromatic carbocycles. The van der Waals surface area contributed by atoms with Crippen LogP contribution in [0.4, 0.5) is 0 Å². The molecule has 0 atom stereocenters. The summed E-state index contributed by atoms with van der Waals surface area (Å²) in [6.45, 7) is 7.07. The highest BCUT2D eigenvalue weighted by Crippen LogP contribution is 2.23. The quantitative estimate of drug-likeness (QED) is 0.817. The minimum Gasteiger partial charge on any atom is -0.481 e. The van der Waals surface area contributed by atoms with Crippen molar-refractivity contribution in [3.05, 3.63) is 45.7 Å². The Balaban J connectivity index is 2.13. The summed E-state index contributed by atoms with van der Waals surface area (Å²) in [7, 11) is 0. The molecule has 0 saturated heterocycles. The van der Waals surface area contributed by atoms with Crippen LogP contribution in [0.5, 0.6) is 0 Å². The van der Waals surface area contributed by atoms with Gasteiger partial charge in [-0.15, -0.1) is 0 Å². The van der Waals surface area contributed by atoms with Gasteiger partial charge in [0.25, 0.3) is 5.91 Å². The van der Waals surface area contributed by atoms with E-state index in [4.69, 9.17) is 5.11 Å². The molecular formula is C17H20BrN3O3. The number of hydrogen-bond acceptors (Lipinski definition) is 3. The lowest BCUT2D eigenvalue weighted by Gasteiger charge is -2.19. The second-order valence-electron chi connectivity index (χ2n) is 6.32. The van der Waals surface area contributed by atoms with Gasteiger partial charge in [0.05, 0.1) is 27.0 Å². The third-order valence-corrected chi connectivity index (χ3v) is 4.99. The van der Waals surface area contributed by atoms with Crippen molar-refractivity contribution in [2.45, 2.75) is 27.7 Å². The summed E-state index contributed by atoms with van der Waals surface area (Å²) in [4.78, 5) is 23.2. The van der Waals surface area contributed by atoms with Crippen molar-refractivity contribution in [2.24, 2.45) is 5.41 Å². The lowest BCUT2D eigenvalue weighted by atomic mass is 9.94. The van der Waals surface area contributed by atoms with E-state index in [1.54, 1.807) is 30.7 Å². The summed E-state index contributed by atoms with van der Waals surface area (Å²) >= 11 is 3.49. The van der Waals surface area contributed by atoms with Crippen LogP contribution in [-0.2, 0) is 4.79 Å². The second kappa shape index (κ2) is 6.76. The number of carboxylic acids is 1. The van der Waals surface area contributed by atoms with Crippen LogP contribution < -0.4 is 5.32 Å². The first-order valence-corrected chi connectivity index (χ1v) is 8.26. The molecule has 24 heavy (non-hydrogen) atoms. The van der Waals surface area contributed by atoms with E-state index in [9.17, 15) is 9.59 Å². The molecule has 0 unspecified atom stereocenters. The third-order valence-electron chi connectivity index (χ3n) is 3.85. The van der Waals surface area contributed by atoms with Gasteiger partial charge in [0, 0.05) is 12.1 Å². The maximum absolute atomic E-state index is 12.2. The van der Waals surface area contributed by atoms with E-state index in [0.29, 0.717) is 5.56 Å². The van der Waals surface area contributed by atoms with E-state index in [0.717, 1.165) is 21.5 Å². The second-order valence-corrected chi connectivity index (χ2v) is 7.11. The van der Waals surface area contributed by atoms with Crippen LogP contribution in [0.15, 0.2) is 28.7 Å². The molecule has 0 saturated carbocycles. The molecule has 1 amide bonds. The van der Waals surface area contributed by atoms with Crippen LogP contribution in [0, 0.1) is 19.3 Å². The number of carbonyl (C=O) groups excluding carboxylic acids is 1. The standard InChI is InChI=1S/C17H20BrN3O3/c1-10-14(18)11(2)21(20-10)13-7-5-12(6-8-13)15(22)19-9-17(3,4)16(23)24/h5-8H,9H2,1-4H3,(H,19,22)(H,23,24). The first-order chi connectivity index (χ1) is 11.1. The summed E-state index contributed by atoms with van der Waals surface area (Å²) in [6.07, 6.45) is 0. The van der Waals surface area contributed by atoms with Gasteiger partial charge in [-0.3, -0.25) is 9.59 Å². The SMILES string of the molecule is Cc1nn(-c2ccc(C(=O)NCC(C)(C)C(=O)O)cc2)c(C)c1Br. The van der Waals surface area contributed by atoms with Crippen molar-refractivity contribution in [2.75, 3.05) is 6.54 Å². The number of rotatable bonds is 5. The predicted octanol–water partition coefficient (Wildman–Crippen LogP) is 3.09. The smallest absolute Gasteiger partial charge is 0.310 e. The van der Waals surface area contributed by atoms with Crippen LogP contribution in [0.1, 0.15) is 35.6 Å². The Kier molecular flexibility index (Phi) is 5.13. The largest absolute Gasteiger partial charge is 0.481 e. The van der Waals surface area contributed by atoms with Crippen LogP contribution in [-0.4, -0.2) is 33.3 Å². The number of carboxylic acid groups (broad SMARTS) is 1. The molecule has 0 aliphatic rings. The average Bonchev–Trinajstić information content (AvgIpc) is 2.80. The predicted molar refractivity (Wildman–Crippen MR) is 94.5 cm³/mol. The Bertz CT molecular complexity index is 779. The number of amides is 1. The zero-order valence-electron chi connectivity index (χ0n) is 14.1. The monoisotopic (exact) mass is 393 g/mol. The Labute approximate surface area is 149 Å². The van der Waals surface area contributed by atoms with Crippen LogP contribution in [0.2, 0.25) is 0 Å². The molecule has 0 fully saturated rings. The lowest BCUT2D eigenvalue weighted by molar-refractivity contribution is -0.146. The van der Waals surface area contributed by atoms with Gasteiger partial charge in [0.2, 0.25) is 0 Å². The molecule has 6 nitrogen and oxygen atoms in total. The number of halogens is 1. The van der Waals surface area contributed by atoms with Gasteiger partial charge < -0.3 is 10.4 Å². The molecule has 0 spiro atoms. The van der Waals surface area contributed by atoms with Gasteiger partial charge in [0.1, 0.15) is 0 Å². The Hall–Kier alpha value is -2.15. The van der Waals surface area contributed by atoms with Gasteiger partial charge in [-0.25, -0.2) is 4.68 Å². The van der Waals surface area contributed by atoms with Crippen LogP contribution in [0.25, 0.3) is 5.69 Å². The number of benzene rings is 1. The van der Waals surface area contributed by atoms with Crippen molar-refractivity contribution < 1.29 is 14.7 Å². The lowest BCUT2D eigenvalue weighted by Crippen LogP contribution is -2.38. The Morgan fingerprint density at radius 2 is 1.83 bits per heavy atom. The van der Waals surface area contributed by atoms with Crippen molar-refractivity contribution in [1.29, 1.82) is 0 Å². The molecule has 2 rings (SSSR count).